The van der Waals surface area contributed by atoms with Crippen LogP contribution in [-0.4, -0.2) is 40.6 Å². The van der Waals surface area contributed by atoms with Crippen LogP contribution in [0.5, 0.6) is 5.75 Å². The molecule has 0 radical (unpaired) electrons. The maximum atomic E-state index is 12.7. The molecule has 1 amide bonds. The topological polar surface area (TPSA) is 80.5 Å². The Balaban J connectivity index is 1.26. The summed E-state index contributed by atoms with van der Waals surface area (Å²) in [5.74, 6) is 2.09. The Labute approximate surface area is 201 Å². The van der Waals surface area contributed by atoms with E-state index in [-0.39, 0.29) is 17.2 Å². The van der Waals surface area contributed by atoms with Gasteiger partial charge in [-0.25, -0.2) is 0 Å². The van der Waals surface area contributed by atoms with E-state index in [4.69, 9.17) is 9.26 Å². The van der Waals surface area contributed by atoms with Gasteiger partial charge in [0.15, 0.2) is 0 Å². The molecule has 1 fully saturated rings. The van der Waals surface area contributed by atoms with E-state index >= 15 is 0 Å². The number of piperidine rings is 1. The summed E-state index contributed by atoms with van der Waals surface area (Å²) in [7, 11) is 0. The van der Waals surface area contributed by atoms with Crippen LogP contribution in [0, 0.1) is 5.92 Å². The van der Waals surface area contributed by atoms with Crippen molar-refractivity contribution >= 4 is 11.6 Å². The third-order valence-electron chi connectivity index (χ3n) is 6.23. The number of rotatable bonds is 7. The van der Waals surface area contributed by atoms with Crippen LogP contribution in [0.3, 0.4) is 0 Å². The van der Waals surface area contributed by atoms with Gasteiger partial charge in [-0.05, 0) is 68.1 Å². The molecule has 3 aromatic rings. The van der Waals surface area contributed by atoms with Crippen molar-refractivity contribution in [3.8, 4) is 17.1 Å². The molecule has 7 heteroatoms. The molecule has 1 aliphatic rings. The summed E-state index contributed by atoms with van der Waals surface area (Å²) in [4.78, 5) is 19.5. The molecule has 0 spiro atoms. The molecule has 180 valence electrons. The number of hydrogen-bond acceptors (Lipinski definition) is 6. The number of carbonyl (C=O) groups is 1. The maximum absolute atomic E-state index is 12.7. The van der Waals surface area contributed by atoms with Crippen molar-refractivity contribution in [3.05, 3.63) is 60.0 Å². The Morgan fingerprint density at radius 3 is 2.38 bits per heavy atom. The van der Waals surface area contributed by atoms with Gasteiger partial charge < -0.3 is 14.6 Å². The number of anilines is 1. The molecule has 0 aliphatic carbocycles. The van der Waals surface area contributed by atoms with Crippen molar-refractivity contribution in [1.82, 2.24) is 15.0 Å². The molecule has 34 heavy (non-hydrogen) atoms. The van der Waals surface area contributed by atoms with Gasteiger partial charge in [0.05, 0.1) is 13.2 Å². The normalized spacial score (nSPS) is 15.3. The molecule has 7 nitrogen and oxygen atoms in total. The van der Waals surface area contributed by atoms with Crippen molar-refractivity contribution in [1.29, 1.82) is 0 Å². The third-order valence-corrected chi connectivity index (χ3v) is 6.23. The molecule has 2 heterocycles. The van der Waals surface area contributed by atoms with Gasteiger partial charge in [0.25, 0.3) is 0 Å². The molecular weight excluding hydrogens is 428 g/mol. The summed E-state index contributed by atoms with van der Waals surface area (Å²) >= 11 is 0. The van der Waals surface area contributed by atoms with Gasteiger partial charge in [-0.3, -0.25) is 9.69 Å². The fourth-order valence-electron chi connectivity index (χ4n) is 4.15. The summed E-state index contributed by atoms with van der Waals surface area (Å²) in [6, 6.07) is 15.8. The lowest BCUT2D eigenvalue weighted by atomic mass is 9.87. The van der Waals surface area contributed by atoms with Gasteiger partial charge in [-0.1, -0.05) is 50.2 Å². The van der Waals surface area contributed by atoms with Crippen LogP contribution < -0.4 is 10.1 Å². The number of aromatic nitrogens is 2. The number of benzene rings is 2. The summed E-state index contributed by atoms with van der Waals surface area (Å²) in [6.45, 7) is 11.4. The summed E-state index contributed by atoms with van der Waals surface area (Å²) in [5, 5.41) is 7.19. The highest BCUT2D eigenvalue weighted by molar-refractivity contribution is 5.92. The summed E-state index contributed by atoms with van der Waals surface area (Å²) in [5.41, 5.74) is 3.13. The fourth-order valence-corrected chi connectivity index (χ4v) is 4.15. The number of hydrogen-bond donors (Lipinski definition) is 1. The summed E-state index contributed by atoms with van der Waals surface area (Å²) in [6.07, 6.45) is 1.61. The number of likely N-dealkylation sites (tertiary alicyclic amines) is 1. The zero-order valence-electron chi connectivity index (χ0n) is 20.5. The van der Waals surface area contributed by atoms with Crippen LogP contribution in [0.25, 0.3) is 11.4 Å². The van der Waals surface area contributed by atoms with E-state index in [1.165, 1.54) is 5.56 Å². The SMILES string of the molecule is CCOc1ccc(NC(=O)C2CCN(Cc3nc(-c4ccc(C(C)(C)C)cc4)no3)CC2)cc1. The van der Waals surface area contributed by atoms with Crippen LogP contribution in [0.2, 0.25) is 0 Å². The quantitative estimate of drug-likeness (QED) is 0.514. The number of carbonyl (C=O) groups excluding carboxylic acids is 1. The minimum atomic E-state index is 0.00222. The lowest BCUT2D eigenvalue weighted by molar-refractivity contribution is -0.121. The van der Waals surface area contributed by atoms with Crippen molar-refractivity contribution in [2.75, 3.05) is 25.0 Å². The Kier molecular flexibility index (Phi) is 7.32. The van der Waals surface area contributed by atoms with Gasteiger partial charge in [0, 0.05) is 17.2 Å². The minimum Gasteiger partial charge on any atom is -0.494 e. The molecule has 0 atom stereocenters. The number of nitrogens with zero attached hydrogens (tertiary/aromatic N) is 3. The van der Waals surface area contributed by atoms with E-state index in [0.717, 1.165) is 42.9 Å². The minimum absolute atomic E-state index is 0.00222. The highest BCUT2D eigenvalue weighted by atomic mass is 16.5. The second-order valence-corrected chi connectivity index (χ2v) is 9.84. The first-order valence-electron chi connectivity index (χ1n) is 12.0. The van der Waals surface area contributed by atoms with E-state index in [9.17, 15) is 4.79 Å². The number of amides is 1. The molecular formula is C27H34N4O3. The Hall–Kier alpha value is -3.19. The Morgan fingerprint density at radius 1 is 1.09 bits per heavy atom. The maximum Gasteiger partial charge on any atom is 0.241 e. The first-order chi connectivity index (χ1) is 16.3. The first-order valence-corrected chi connectivity index (χ1v) is 12.0. The van der Waals surface area contributed by atoms with Crippen molar-refractivity contribution < 1.29 is 14.1 Å². The van der Waals surface area contributed by atoms with E-state index in [2.05, 4.69) is 53.3 Å². The van der Waals surface area contributed by atoms with E-state index in [1.54, 1.807) is 0 Å². The van der Waals surface area contributed by atoms with E-state index in [1.807, 2.05) is 43.3 Å². The first kappa shape index (κ1) is 24.0. The second-order valence-electron chi connectivity index (χ2n) is 9.84. The zero-order valence-corrected chi connectivity index (χ0v) is 20.5. The summed E-state index contributed by atoms with van der Waals surface area (Å²) < 4.78 is 11.0. The molecule has 0 unspecified atom stereocenters. The van der Waals surface area contributed by atoms with Crippen LogP contribution in [-0.2, 0) is 16.8 Å². The predicted octanol–water partition coefficient (Wildman–Crippen LogP) is 5.28. The zero-order chi connectivity index (χ0) is 24.1. The Morgan fingerprint density at radius 2 is 1.76 bits per heavy atom. The van der Waals surface area contributed by atoms with Crippen molar-refractivity contribution in [2.45, 2.75) is 52.5 Å². The lowest BCUT2D eigenvalue weighted by Gasteiger charge is -2.30. The third kappa shape index (κ3) is 6.03. The van der Waals surface area contributed by atoms with E-state index < -0.39 is 0 Å². The largest absolute Gasteiger partial charge is 0.494 e. The van der Waals surface area contributed by atoms with Gasteiger partial charge in [0.2, 0.25) is 17.6 Å². The molecule has 1 aliphatic heterocycles. The van der Waals surface area contributed by atoms with E-state index in [0.29, 0.717) is 24.9 Å². The van der Waals surface area contributed by atoms with Crippen LogP contribution in [0.1, 0.15) is 52.0 Å². The molecule has 1 N–H and O–H groups in total. The van der Waals surface area contributed by atoms with Crippen LogP contribution >= 0.6 is 0 Å². The van der Waals surface area contributed by atoms with Gasteiger partial charge in [0.1, 0.15) is 5.75 Å². The lowest BCUT2D eigenvalue weighted by Crippen LogP contribution is -2.37. The van der Waals surface area contributed by atoms with Crippen molar-refractivity contribution in [2.24, 2.45) is 5.92 Å². The highest BCUT2D eigenvalue weighted by Crippen LogP contribution is 2.26. The second kappa shape index (κ2) is 10.4. The monoisotopic (exact) mass is 462 g/mol. The molecule has 2 aromatic carbocycles. The smallest absolute Gasteiger partial charge is 0.241 e. The fraction of sp³-hybridized carbons (Fsp3) is 0.444. The van der Waals surface area contributed by atoms with Gasteiger partial charge in [-0.2, -0.15) is 4.98 Å². The average molecular weight is 463 g/mol. The molecule has 1 saturated heterocycles. The van der Waals surface area contributed by atoms with Crippen LogP contribution in [0.4, 0.5) is 5.69 Å². The predicted molar refractivity (Wildman–Crippen MR) is 133 cm³/mol. The number of nitrogens with one attached hydrogen (secondary N) is 1. The Bertz CT molecular complexity index is 1080. The van der Waals surface area contributed by atoms with Crippen molar-refractivity contribution in [3.63, 3.8) is 0 Å². The number of ether oxygens (including phenoxy) is 1. The molecule has 0 bridgehead atoms. The molecule has 1 aromatic heterocycles. The van der Waals surface area contributed by atoms with Gasteiger partial charge >= 0.3 is 0 Å². The average Bonchev–Trinajstić information content (AvgIpc) is 3.29. The van der Waals surface area contributed by atoms with Gasteiger partial charge in [-0.15, -0.1) is 0 Å². The highest BCUT2D eigenvalue weighted by Gasteiger charge is 2.26. The van der Waals surface area contributed by atoms with Crippen LogP contribution in [0.15, 0.2) is 53.1 Å². The standard InChI is InChI=1S/C27H34N4O3/c1-5-33-23-12-10-22(11-13-23)28-26(32)20-14-16-31(17-15-20)18-24-29-25(30-34-24)19-6-8-21(9-7-19)27(2,3)4/h6-13,20H,5,14-18H2,1-4H3,(H,28,32). The molecule has 4 rings (SSSR count). The molecule has 0 saturated carbocycles.